The summed E-state index contributed by atoms with van der Waals surface area (Å²) in [6, 6.07) is 15.6. The Hall–Kier alpha value is -2.55. The molecule has 0 bridgehead atoms. The lowest BCUT2D eigenvalue weighted by Crippen LogP contribution is -2.01. The van der Waals surface area contributed by atoms with Crippen molar-refractivity contribution in [2.75, 3.05) is 0 Å². The highest BCUT2D eigenvalue weighted by atomic mass is 16.5. The third kappa shape index (κ3) is 3.85. The Bertz CT molecular complexity index is 893. The topological polar surface area (TPSA) is 39.4 Å². The molecule has 0 saturated heterocycles. The summed E-state index contributed by atoms with van der Waals surface area (Å²) in [6.45, 7) is 4.70. The smallest absolute Gasteiger partial charge is 0.336 e. The van der Waals surface area contributed by atoms with Crippen molar-refractivity contribution in [3.05, 3.63) is 75.6 Å². The third-order valence-corrected chi connectivity index (χ3v) is 4.09. The van der Waals surface area contributed by atoms with Crippen LogP contribution in [0.15, 0.2) is 57.7 Å². The molecule has 24 heavy (non-hydrogen) atoms. The van der Waals surface area contributed by atoms with E-state index < -0.39 is 0 Å². The average Bonchev–Trinajstić information content (AvgIpc) is 2.57. The first-order chi connectivity index (χ1) is 11.7. The molecule has 0 aliphatic heterocycles. The summed E-state index contributed by atoms with van der Waals surface area (Å²) in [5, 5.41) is 0.992. The van der Waals surface area contributed by atoms with E-state index in [4.69, 9.17) is 9.15 Å². The van der Waals surface area contributed by atoms with E-state index in [9.17, 15) is 4.79 Å². The predicted octanol–water partition coefficient (Wildman–Crippen LogP) is 5.02. The normalized spacial score (nSPS) is 10.9. The summed E-state index contributed by atoms with van der Waals surface area (Å²) >= 11 is 0. The lowest BCUT2D eigenvalue weighted by molar-refractivity contribution is 0.306. The summed E-state index contributed by atoms with van der Waals surface area (Å²) in [7, 11) is 0. The summed E-state index contributed by atoms with van der Waals surface area (Å²) in [5.74, 6) is 0.708. The van der Waals surface area contributed by atoms with Gasteiger partial charge in [0.2, 0.25) is 0 Å². The maximum Gasteiger partial charge on any atom is 0.336 e. The van der Waals surface area contributed by atoms with Gasteiger partial charge in [0.05, 0.1) is 0 Å². The van der Waals surface area contributed by atoms with Gasteiger partial charge in [0.15, 0.2) is 0 Å². The number of aryl methyl sites for hydroxylation is 2. The number of fused-ring (bicyclic) bond motifs is 1. The van der Waals surface area contributed by atoms with E-state index in [2.05, 4.69) is 26.0 Å². The Morgan fingerprint density at radius 2 is 1.96 bits per heavy atom. The minimum Gasteiger partial charge on any atom is -0.489 e. The fourth-order valence-corrected chi connectivity index (χ4v) is 2.84. The molecule has 0 saturated carbocycles. The van der Waals surface area contributed by atoms with Crippen molar-refractivity contribution in [1.29, 1.82) is 0 Å². The Morgan fingerprint density at radius 1 is 1.08 bits per heavy atom. The fraction of sp³-hybridized carbons (Fsp3) is 0.286. The lowest BCUT2D eigenvalue weighted by Gasteiger charge is -2.09. The summed E-state index contributed by atoms with van der Waals surface area (Å²) in [4.78, 5) is 11.8. The molecular formula is C21H22O3. The van der Waals surface area contributed by atoms with Gasteiger partial charge in [-0.3, -0.25) is 0 Å². The summed E-state index contributed by atoms with van der Waals surface area (Å²) in [6.07, 6.45) is 3.05. The molecule has 0 atom stereocenters. The number of unbranched alkanes of at least 4 members (excludes halogenated alkanes) is 1. The Kier molecular flexibility index (Phi) is 4.99. The largest absolute Gasteiger partial charge is 0.489 e. The van der Waals surface area contributed by atoms with Crippen LogP contribution in [0.1, 0.15) is 36.5 Å². The van der Waals surface area contributed by atoms with Crippen LogP contribution in [0.3, 0.4) is 0 Å². The van der Waals surface area contributed by atoms with E-state index in [-0.39, 0.29) is 5.63 Å². The zero-order chi connectivity index (χ0) is 16.9. The molecule has 0 spiro atoms. The zero-order valence-corrected chi connectivity index (χ0v) is 14.2. The van der Waals surface area contributed by atoms with Crippen LogP contribution in [-0.2, 0) is 13.0 Å². The fourth-order valence-electron chi connectivity index (χ4n) is 2.84. The van der Waals surface area contributed by atoms with Crippen LogP contribution in [0.5, 0.6) is 5.75 Å². The number of hydrogen-bond acceptors (Lipinski definition) is 3. The van der Waals surface area contributed by atoms with Crippen LogP contribution in [-0.4, -0.2) is 0 Å². The van der Waals surface area contributed by atoms with E-state index in [1.165, 1.54) is 5.56 Å². The second-order valence-electron chi connectivity index (χ2n) is 6.13. The van der Waals surface area contributed by atoms with E-state index in [0.717, 1.165) is 35.8 Å². The van der Waals surface area contributed by atoms with Gasteiger partial charge in [0.25, 0.3) is 0 Å². The molecule has 1 aromatic heterocycles. The molecular weight excluding hydrogens is 300 g/mol. The molecule has 0 radical (unpaired) electrons. The van der Waals surface area contributed by atoms with Crippen molar-refractivity contribution in [1.82, 2.24) is 0 Å². The second kappa shape index (κ2) is 7.35. The summed E-state index contributed by atoms with van der Waals surface area (Å²) < 4.78 is 11.2. The standard InChI is InChI=1S/C21H22O3/c1-3-4-8-17-12-21(22)24-20-13-18(9-10-19(17)20)23-14-16-7-5-6-15(2)11-16/h5-7,9-13H,3-4,8,14H2,1-2H3. The second-order valence-corrected chi connectivity index (χ2v) is 6.13. The van der Waals surface area contributed by atoms with Crippen LogP contribution >= 0.6 is 0 Å². The lowest BCUT2D eigenvalue weighted by atomic mass is 10.0. The van der Waals surface area contributed by atoms with Crippen molar-refractivity contribution in [2.45, 2.75) is 39.7 Å². The average molecular weight is 322 g/mol. The monoisotopic (exact) mass is 322 g/mol. The highest BCUT2D eigenvalue weighted by molar-refractivity contribution is 5.81. The predicted molar refractivity (Wildman–Crippen MR) is 96.6 cm³/mol. The highest BCUT2D eigenvalue weighted by Crippen LogP contribution is 2.24. The molecule has 3 aromatic rings. The molecule has 0 fully saturated rings. The quantitative estimate of drug-likeness (QED) is 0.598. The molecule has 3 nitrogen and oxygen atoms in total. The van der Waals surface area contributed by atoms with Gasteiger partial charge in [-0.05, 0) is 43.0 Å². The van der Waals surface area contributed by atoms with Crippen molar-refractivity contribution in [2.24, 2.45) is 0 Å². The van der Waals surface area contributed by atoms with Crippen molar-refractivity contribution < 1.29 is 9.15 Å². The van der Waals surface area contributed by atoms with Gasteiger partial charge in [-0.1, -0.05) is 43.2 Å². The van der Waals surface area contributed by atoms with Gasteiger partial charge in [-0.25, -0.2) is 4.79 Å². The number of rotatable bonds is 6. The number of benzene rings is 2. The van der Waals surface area contributed by atoms with Gasteiger partial charge in [-0.15, -0.1) is 0 Å². The molecule has 0 amide bonds. The maximum atomic E-state index is 11.8. The molecule has 3 rings (SSSR count). The number of hydrogen-bond donors (Lipinski definition) is 0. The molecule has 0 aliphatic carbocycles. The first-order valence-corrected chi connectivity index (χ1v) is 8.41. The van der Waals surface area contributed by atoms with Crippen molar-refractivity contribution in [3.8, 4) is 5.75 Å². The Balaban J connectivity index is 1.84. The Labute approximate surface area is 141 Å². The third-order valence-electron chi connectivity index (χ3n) is 4.09. The minimum atomic E-state index is -0.301. The van der Waals surface area contributed by atoms with E-state index >= 15 is 0 Å². The van der Waals surface area contributed by atoms with Crippen molar-refractivity contribution in [3.63, 3.8) is 0 Å². The number of ether oxygens (including phenoxy) is 1. The van der Waals surface area contributed by atoms with Gasteiger partial charge >= 0.3 is 5.63 Å². The highest BCUT2D eigenvalue weighted by Gasteiger charge is 2.07. The van der Waals surface area contributed by atoms with E-state index in [1.54, 1.807) is 6.07 Å². The molecule has 0 aliphatic rings. The first kappa shape index (κ1) is 16.3. The van der Waals surface area contributed by atoms with E-state index in [1.807, 2.05) is 30.3 Å². The first-order valence-electron chi connectivity index (χ1n) is 8.41. The molecule has 1 heterocycles. The van der Waals surface area contributed by atoms with Gasteiger partial charge in [-0.2, -0.15) is 0 Å². The van der Waals surface area contributed by atoms with Crippen molar-refractivity contribution >= 4 is 11.0 Å². The van der Waals surface area contributed by atoms with Gasteiger partial charge in [0, 0.05) is 17.5 Å². The van der Waals surface area contributed by atoms with Crippen LogP contribution in [0.2, 0.25) is 0 Å². The molecule has 124 valence electrons. The molecule has 2 aromatic carbocycles. The van der Waals surface area contributed by atoms with Crippen LogP contribution < -0.4 is 10.4 Å². The Morgan fingerprint density at radius 3 is 2.75 bits per heavy atom. The molecule has 3 heteroatoms. The van der Waals surface area contributed by atoms with Gasteiger partial charge in [0.1, 0.15) is 17.9 Å². The SMILES string of the molecule is CCCCc1cc(=O)oc2cc(OCc3cccc(C)c3)ccc12. The van der Waals surface area contributed by atoms with E-state index in [0.29, 0.717) is 17.9 Å². The zero-order valence-electron chi connectivity index (χ0n) is 14.2. The van der Waals surface area contributed by atoms with Crippen LogP contribution in [0.4, 0.5) is 0 Å². The van der Waals surface area contributed by atoms with Crippen LogP contribution in [0.25, 0.3) is 11.0 Å². The van der Waals surface area contributed by atoms with Crippen LogP contribution in [0, 0.1) is 6.92 Å². The minimum absolute atomic E-state index is 0.301. The molecule has 0 unspecified atom stereocenters. The van der Waals surface area contributed by atoms with Gasteiger partial charge < -0.3 is 9.15 Å². The summed E-state index contributed by atoms with van der Waals surface area (Å²) in [5.41, 5.74) is 3.67. The maximum absolute atomic E-state index is 11.8. The molecule has 0 N–H and O–H groups in total.